The molecule has 4 fully saturated rings. The van der Waals surface area contributed by atoms with Crippen LogP contribution in [-0.4, -0.2) is 32.0 Å². The highest BCUT2D eigenvalue weighted by Gasteiger charge is 2.47. The summed E-state index contributed by atoms with van der Waals surface area (Å²) >= 11 is 0. The van der Waals surface area contributed by atoms with Crippen LogP contribution in [-0.2, 0) is 0 Å². The van der Waals surface area contributed by atoms with E-state index in [0.29, 0.717) is 12.1 Å². The molecule has 6 atom stereocenters. The summed E-state index contributed by atoms with van der Waals surface area (Å²) in [5.74, 6) is 3.86. The molecule has 0 spiro atoms. The highest BCUT2D eigenvalue weighted by atomic mass is 15.1. The third kappa shape index (κ3) is 3.55. The van der Waals surface area contributed by atoms with Crippen LogP contribution in [0.15, 0.2) is 73.1 Å². The fourth-order valence-electron chi connectivity index (χ4n) is 6.84. The minimum Gasteiger partial charge on any atom is -0.341 e. The number of rotatable bonds is 5. The lowest BCUT2D eigenvalue weighted by molar-refractivity contribution is 0.543. The van der Waals surface area contributed by atoms with E-state index in [1.165, 1.54) is 58.7 Å². The van der Waals surface area contributed by atoms with Gasteiger partial charge < -0.3 is 20.6 Å². The van der Waals surface area contributed by atoms with Gasteiger partial charge in [0, 0.05) is 23.2 Å². The number of imidazole rings is 2. The Morgan fingerprint density at radius 2 is 1.08 bits per heavy atom. The van der Waals surface area contributed by atoms with Gasteiger partial charge in [-0.2, -0.15) is 0 Å². The SMILES string of the molecule is c1cc(-c2ccc3cc(-c4cnc([C@@H]5CC6C[C@H]6N5)[nH]4)ccc3c2)cc(-c2cnc([C@@H]3CC4C[C@H]4N3)[nH]2)c1. The van der Waals surface area contributed by atoms with E-state index in [2.05, 4.69) is 81.3 Å². The second kappa shape index (κ2) is 7.88. The van der Waals surface area contributed by atoms with Gasteiger partial charge in [-0.3, -0.25) is 0 Å². The van der Waals surface area contributed by atoms with Gasteiger partial charge >= 0.3 is 0 Å². The van der Waals surface area contributed by atoms with Crippen LogP contribution in [0.3, 0.4) is 0 Å². The van der Waals surface area contributed by atoms with Gasteiger partial charge in [-0.15, -0.1) is 0 Å². The maximum absolute atomic E-state index is 4.71. The molecule has 3 aromatic carbocycles. The molecule has 2 aliphatic carbocycles. The van der Waals surface area contributed by atoms with Gasteiger partial charge in [0.1, 0.15) is 11.6 Å². The molecule has 4 aliphatic rings. The van der Waals surface area contributed by atoms with E-state index in [4.69, 9.17) is 9.97 Å². The summed E-state index contributed by atoms with van der Waals surface area (Å²) in [5.41, 5.74) is 6.95. The zero-order valence-electron chi connectivity index (χ0n) is 21.1. The minimum atomic E-state index is 0.374. The zero-order chi connectivity index (χ0) is 24.8. The first-order valence-electron chi connectivity index (χ1n) is 14.0. The van der Waals surface area contributed by atoms with Gasteiger partial charge in [0.05, 0.1) is 35.9 Å². The van der Waals surface area contributed by atoms with Gasteiger partial charge in [0.15, 0.2) is 0 Å². The van der Waals surface area contributed by atoms with Gasteiger partial charge in [-0.05, 0) is 77.6 Å². The van der Waals surface area contributed by atoms with Gasteiger partial charge in [-0.25, -0.2) is 9.97 Å². The number of hydrogen-bond acceptors (Lipinski definition) is 4. The Hall–Kier alpha value is -3.74. The average Bonchev–Trinajstić information content (AvgIpc) is 3.52. The normalized spacial score (nSPS) is 28.9. The second-order valence-electron chi connectivity index (χ2n) is 11.8. The first kappa shape index (κ1) is 21.2. The van der Waals surface area contributed by atoms with Crippen molar-refractivity contribution in [2.75, 3.05) is 0 Å². The van der Waals surface area contributed by atoms with Crippen molar-refractivity contribution in [2.45, 2.75) is 49.9 Å². The molecule has 2 saturated carbocycles. The number of nitrogens with zero attached hydrogens (tertiary/aromatic N) is 2. The van der Waals surface area contributed by atoms with Gasteiger partial charge in [0.2, 0.25) is 0 Å². The lowest BCUT2D eigenvalue weighted by Gasteiger charge is -2.10. The molecule has 38 heavy (non-hydrogen) atoms. The number of hydrogen-bond donors (Lipinski definition) is 4. The van der Waals surface area contributed by atoms with Crippen LogP contribution < -0.4 is 10.6 Å². The molecule has 0 bridgehead atoms. The molecule has 4 N–H and O–H groups in total. The molecule has 0 amide bonds. The van der Waals surface area contributed by atoms with Crippen molar-refractivity contribution >= 4 is 10.8 Å². The number of fused-ring (bicyclic) bond motifs is 3. The molecule has 6 nitrogen and oxygen atoms in total. The van der Waals surface area contributed by atoms with E-state index in [-0.39, 0.29) is 0 Å². The fourth-order valence-corrected chi connectivity index (χ4v) is 6.84. The highest BCUT2D eigenvalue weighted by Crippen LogP contribution is 2.46. The van der Waals surface area contributed by atoms with Crippen molar-refractivity contribution in [1.82, 2.24) is 30.6 Å². The van der Waals surface area contributed by atoms with Crippen molar-refractivity contribution in [2.24, 2.45) is 11.8 Å². The molecule has 4 heterocycles. The van der Waals surface area contributed by atoms with Crippen molar-refractivity contribution in [3.8, 4) is 33.6 Å². The minimum absolute atomic E-state index is 0.374. The Balaban J connectivity index is 0.972. The van der Waals surface area contributed by atoms with Crippen LogP contribution in [0.5, 0.6) is 0 Å². The molecule has 0 radical (unpaired) electrons. The number of benzene rings is 3. The van der Waals surface area contributed by atoms with E-state index in [1.807, 2.05) is 12.4 Å². The number of aromatic nitrogens is 4. The Morgan fingerprint density at radius 1 is 0.553 bits per heavy atom. The predicted octanol–water partition coefficient (Wildman–Crippen LogP) is 6.13. The van der Waals surface area contributed by atoms with E-state index < -0.39 is 0 Å². The van der Waals surface area contributed by atoms with E-state index >= 15 is 0 Å². The lowest BCUT2D eigenvalue weighted by atomic mass is 9.98. The van der Waals surface area contributed by atoms with Gasteiger partial charge in [0.25, 0.3) is 0 Å². The first-order chi connectivity index (χ1) is 18.7. The lowest BCUT2D eigenvalue weighted by Crippen LogP contribution is -2.18. The van der Waals surface area contributed by atoms with Crippen LogP contribution in [0.25, 0.3) is 44.4 Å². The number of nitrogens with one attached hydrogen (secondary N) is 4. The molecule has 9 rings (SSSR count). The monoisotopic (exact) mass is 498 g/mol. The summed E-state index contributed by atoms with van der Waals surface area (Å²) in [4.78, 5) is 16.6. The van der Waals surface area contributed by atoms with Gasteiger partial charge in [-0.1, -0.05) is 42.5 Å². The Kier molecular flexibility index (Phi) is 4.40. The molecule has 2 saturated heterocycles. The van der Waals surface area contributed by atoms with E-state index in [0.717, 1.165) is 47.0 Å². The number of aromatic amines is 2. The summed E-state index contributed by atoms with van der Waals surface area (Å²) in [5, 5.41) is 9.86. The van der Waals surface area contributed by atoms with Crippen molar-refractivity contribution < 1.29 is 0 Å². The average molecular weight is 499 g/mol. The Morgan fingerprint density at radius 3 is 1.68 bits per heavy atom. The summed E-state index contributed by atoms with van der Waals surface area (Å²) in [6.45, 7) is 0. The highest BCUT2D eigenvalue weighted by molar-refractivity contribution is 5.90. The molecular formula is C32H30N6. The molecule has 6 heteroatoms. The van der Waals surface area contributed by atoms with Crippen LogP contribution in [0.2, 0.25) is 0 Å². The summed E-state index contributed by atoms with van der Waals surface area (Å²) in [6, 6.07) is 24.4. The quantitative estimate of drug-likeness (QED) is 0.235. The zero-order valence-corrected chi connectivity index (χ0v) is 21.1. The smallest absolute Gasteiger partial charge is 0.123 e. The summed E-state index contributed by atoms with van der Waals surface area (Å²) < 4.78 is 0. The first-order valence-corrected chi connectivity index (χ1v) is 14.0. The van der Waals surface area contributed by atoms with Crippen molar-refractivity contribution in [3.63, 3.8) is 0 Å². The van der Waals surface area contributed by atoms with Crippen LogP contribution >= 0.6 is 0 Å². The third-order valence-corrected chi connectivity index (χ3v) is 9.26. The predicted molar refractivity (Wildman–Crippen MR) is 149 cm³/mol. The topological polar surface area (TPSA) is 81.4 Å². The molecule has 188 valence electrons. The van der Waals surface area contributed by atoms with Crippen LogP contribution in [0, 0.1) is 11.8 Å². The molecule has 2 aromatic heterocycles. The summed E-state index contributed by atoms with van der Waals surface area (Å²) in [6.07, 6.45) is 9.05. The maximum atomic E-state index is 4.71. The van der Waals surface area contributed by atoms with Crippen LogP contribution in [0.1, 0.15) is 49.4 Å². The van der Waals surface area contributed by atoms with Crippen molar-refractivity contribution in [3.05, 3.63) is 84.7 Å². The van der Waals surface area contributed by atoms with Crippen molar-refractivity contribution in [1.29, 1.82) is 0 Å². The molecule has 2 unspecified atom stereocenters. The largest absolute Gasteiger partial charge is 0.341 e. The second-order valence-corrected chi connectivity index (χ2v) is 11.8. The number of H-pyrrole nitrogens is 2. The standard InChI is InChI=1S/C32H30N6/c1-2-17(9-21(3-1)29-15-33-31(37-29)27-13-23-11-25(23)35-27)18-4-5-20-10-22(7-6-19(20)8-18)30-16-34-32(38-30)28-14-24-12-26(24)36-28/h1-10,15-16,23-28,35-36H,11-14H2,(H,33,37)(H,34,38)/t23?,24?,25-,26-,27+,28+/m1/s1. The molecule has 2 aliphatic heterocycles. The molecular weight excluding hydrogens is 468 g/mol. The Bertz CT molecular complexity index is 1680. The number of piperidine rings is 2. The maximum Gasteiger partial charge on any atom is 0.123 e. The summed E-state index contributed by atoms with van der Waals surface area (Å²) in [7, 11) is 0. The third-order valence-electron chi connectivity index (χ3n) is 9.26. The molecule has 5 aromatic rings. The van der Waals surface area contributed by atoms with E-state index in [1.54, 1.807) is 0 Å². The fraction of sp³-hybridized carbons (Fsp3) is 0.312. The van der Waals surface area contributed by atoms with E-state index in [9.17, 15) is 0 Å². The Labute approximate surface area is 221 Å². The van der Waals surface area contributed by atoms with Crippen LogP contribution in [0.4, 0.5) is 0 Å².